The van der Waals surface area contributed by atoms with Crippen molar-refractivity contribution in [2.24, 2.45) is 0 Å². The molecule has 1 unspecified atom stereocenters. The maximum Gasteiger partial charge on any atom is 0.263 e. The van der Waals surface area contributed by atoms with Gasteiger partial charge in [0.1, 0.15) is 4.88 Å². The number of nitrogens with zero attached hydrogens (tertiary/aromatic N) is 1. The molecule has 0 bridgehead atoms. The summed E-state index contributed by atoms with van der Waals surface area (Å²) in [6.45, 7) is 3.26. The van der Waals surface area contributed by atoms with Gasteiger partial charge in [0.25, 0.3) is 5.91 Å². The predicted molar refractivity (Wildman–Crippen MR) is 80.0 cm³/mol. The van der Waals surface area contributed by atoms with Crippen LogP contribution in [0.15, 0.2) is 29.9 Å². The van der Waals surface area contributed by atoms with Gasteiger partial charge in [-0.15, -0.1) is 11.3 Å². The molecule has 1 aliphatic heterocycles. The number of hydrogen-bond donors (Lipinski definition) is 1. The molecule has 5 nitrogen and oxygen atoms in total. The van der Waals surface area contributed by atoms with Gasteiger partial charge in [0.05, 0.1) is 31.0 Å². The Bertz CT molecular complexity index is 628. The molecule has 0 saturated carbocycles. The third-order valence-corrected chi connectivity index (χ3v) is 4.05. The molecular weight excluding hydrogens is 288 g/mol. The first-order valence-electron chi connectivity index (χ1n) is 6.83. The van der Waals surface area contributed by atoms with E-state index in [1.54, 1.807) is 11.7 Å². The molecule has 21 heavy (non-hydrogen) atoms. The van der Waals surface area contributed by atoms with Crippen molar-refractivity contribution in [3.63, 3.8) is 0 Å². The lowest BCUT2D eigenvalue weighted by atomic mass is 10.1. The second-order valence-electron chi connectivity index (χ2n) is 4.82. The average Bonchev–Trinajstić information content (AvgIpc) is 2.92. The van der Waals surface area contributed by atoms with Crippen LogP contribution < -0.4 is 14.8 Å². The molecule has 1 aromatic carbocycles. The SMILES string of the molecule is CC(NC(=O)c1cncs1)c1ccc2c(c1)OCCCO2. The third-order valence-electron chi connectivity index (χ3n) is 3.28. The molecule has 6 heteroatoms. The summed E-state index contributed by atoms with van der Waals surface area (Å²) in [6, 6.07) is 5.66. The van der Waals surface area contributed by atoms with Crippen molar-refractivity contribution in [2.45, 2.75) is 19.4 Å². The molecule has 0 aliphatic carbocycles. The molecule has 1 amide bonds. The summed E-state index contributed by atoms with van der Waals surface area (Å²) in [7, 11) is 0. The molecule has 1 N–H and O–H groups in total. The van der Waals surface area contributed by atoms with Gasteiger partial charge in [0.15, 0.2) is 11.5 Å². The van der Waals surface area contributed by atoms with E-state index in [-0.39, 0.29) is 11.9 Å². The van der Waals surface area contributed by atoms with Gasteiger partial charge in [-0.05, 0) is 24.6 Å². The highest BCUT2D eigenvalue weighted by Crippen LogP contribution is 2.32. The van der Waals surface area contributed by atoms with Crippen molar-refractivity contribution in [3.05, 3.63) is 40.3 Å². The number of amides is 1. The maximum atomic E-state index is 12.0. The Kier molecular flexibility index (Phi) is 4.06. The van der Waals surface area contributed by atoms with Crippen molar-refractivity contribution >= 4 is 17.2 Å². The Morgan fingerprint density at radius 2 is 2.14 bits per heavy atom. The number of thiazole rings is 1. The smallest absolute Gasteiger partial charge is 0.263 e. The van der Waals surface area contributed by atoms with E-state index in [9.17, 15) is 4.79 Å². The van der Waals surface area contributed by atoms with Crippen LogP contribution in [0.4, 0.5) is 0 Å². The number of aromatic nitrogens is 1. The fourth-order valence-electron chi connectivity index (χ4n) is 2.13. The fourth-order valence-corrected chi connectivity index (χ4v) is 2.65. The topological polar surface area (TPSA) is 60.5 Å². The summed E-state index contributed by atoms with van der Waals surface area (Å²) in [5.41, 5.74) is 2.63. The van der Waals surface area contributed by atoms with Crippen LogP contribution in [0.3, 0.4) is 0 Å². The van der Waals surface area contributed by atoms with Gasteiger partial charge < -0.3 is 14.8 Å². The van der Waals surface area contributed by atoms with E-state index in [2.05, 4.69) is 10.3 Å². The van der Waals surface area contributed by atoms with E-state index >= 15 is 0 Å². The quantitative estimate of drug-likeness (QED) is 0.947. The molecule has 3 rings (SSSR count). The summed E-state index contributed by atoms with van der Waals surface area (Å²) in [5.74, 6) is 1.39. The van der Waals surface area contributed by atoms with E-state index < -0.39 is 0 Å². The Morgan fingerprint density at radius 3 is 2.90 bits per heavy atom. The summed E-state index contributed by atoms with van der Waals surface area (Å²) < 4.78 is 11.3. The second kappa shape index (κ2) is 6.13. The normalized spacial score (nSPS) is 15.1. The van der Waals surface area contributed by atoms with Gasteiger partial charge in [0.2, 0.25) is 0 Å². The Morgan fingerprint density at radius 1 is 1.33 bits per heavy atom. The zero-order valence-electron chi connectivity index (χ0n) is 11.7. The lowest BCUT2D eigenvalue weighted by Gasteiger charge is -2.16. The monoisotopic (exact) mass is 304 g/mol. The minimum Gasteiger partial charge on any atom is -0.490 e. The Balaban J connectivity index is 1.74. The lowest BCUT2D eigenvalue weighted by molar-refractivity contribution is 0.0943. The lowest BCUT2D eigenvalue weighted by Crippen LogP contribution is -2.25. The number of carbonyl (C=O) groups excluding carboxylic acids is 1. The highest BCUT2D eigenvalue weighted by atomic mass is 32.1. The number of carbonyl (C=O) groups is 1. The average molecular weight is 304 g/mol. The van der Waals surface area contributed by atoms with E-state index in [4.69, 9.17) is 9.47 Å². The highest BCUT2D eigenvalue weighted by Gasteiger charge is 2.16. The van der Waals surface area contributed by atoms with Crippen LogP contribution in [0.1, 0.15) is 34.6 Å². The summed E-state index contributed by atoms with van der Waals surface area (Å²) in [5, 5.41) is 2.96. The summed E-state index contributed by atoms with van der Waals surface area (Å²) >= 11 is 1.33. The first kappa shape index (κ1) is 13.9. The van der Waals surface area contributed by atoms with Crippen LogP contribution >= 0.6 is 11.3 Å². The van der Waals surface area contributed by atoms with Gasteiger partial charge in [-0.3, -0.25) is 9.78 Å². The first-order chi connectivity index (χ1) is 10.2. The van der Waals surface area contributed by atoms with E-state index in [0.717, 1.165) is 23.5 Å². The Hall–Kier alpha value is -2.08. The maximum absolute atomic E-state index is 12.0. The van der Waals surface area contributed by atoms with Crippen LogP contribution in [0.25, 0.3) is 0 Å². The summed E-state index contributed by atoms with van der Waals surface area (Å²) in [6.07, 6.45) is 2.45. The molecule has 1 aliphatic rings. The van der Waals surface area contributed by atoms with E-state index in [0.29, 0.717) is 18.1 Å². The highest BCUT2D eigenvalue weighted by molar-refractivity contribution is 7.11. The van der Waals surface area contributed by atoms with Crippen molar-refractivity contribution in [1.29, 1.82) is 0 Å². The molecule has 0 radical (unpaired) electrons. The van der Waals surface area contributed by atoms with Crippen LogP contribution in [-0.2, 0) is 0 Å². The van der Waals surface area contributed by atoms with Crippen LogP contribution in [0, 0.1) is 0 Å². The number of fused-ring (bicyclic) bond motifs is 1. The van der Waals surface area contributed by atoms with Crippen LogP contribution in [0.2, 0.25) is 0 Å². The van der Waals surface area contributed by atoms with Crippen LogP contribution in [0.5, 0.6) is 11.5 Å². The molecule has 1 atom stereocenters. The van der Waals surface area contributed by atoms with Gasteiger partial charge in [-0.1, -0.05) is 6.07 Å². The van der Waals surface area contributed by atoms with E-state index in [1.807, 2.05) is 25.1 Å². The largest absolute Gasteiger partial charge is 0.490 e. The van der Waals surface area contributed by atoms with Gasteiger partial charge >= 0.3 is 0 Å². The van der Waals surface area contributed by atoms with Gasteiger partial charge in [0, 0.05) is 6.42 Å². The molecule has 0 fully saturated rings. The Labute approximate surface area is 126 Å². The zero-order chi connectivity index (χ0) is 14.7. The van der Waals surface area contributed by atoms with Crippen molar-refractivity contribution in [3.8, 4) is 11.5 Å². The molecule has 2 aromatic rings. The first-order valence-corrected chi connectivity index (χ1v) is 7.71. The zero-order valence-corrected chi connectivity index (χ0v) is 12.5. The summed E-state index contributed by atoms with van der Waals surface area (Å²) in [4.78, 5) is 16.6. The number of nitrogens with one attached hydrogen (secondary N) is 1. The van der Waals surface area contributed by atoms with Crippen molar-refractivity contribution in [1.82, 2.24) is 10.3 Å². The number of hydrogen-bond acceptors (Lipinski definition) is 5. The third kappa shape index (κ3) is 3.16. The number of benzene rings is 1. The molecular formula is C15H16N2O3S. The minimum atomic E-state index is -0.114. The van der Waals surface area contributed by atoms with Gasteiger partial charge in [-0.2, -0.15) is 0 Å². The molecule has 0 spiro atoms. The second-order valence-corrected chi connectivity index (χ2v) is 5.70. The minimum absolute atomic E-state index is 0.114. The standard InChI is InChI=1S/C15H16N2O3S/c1-10(17-15(18)14-8-16-9-21-14)11-3-4-12-13(7-11)20-6-2-5-19-12/h3-4,7-10H,2,5-6H2,1H3,(H,17,18). The van der Waals surface area contributed by atoms with Crippen molar-refractivity contribution < 1.29 is 14.3 Å². The molecule has 1 aromatic heterocycles. The van der Waals surface area contributed by atoms with E-state index in [1.165, 1.54) is 11.3 Å². The number of ether oxygens (including phenoxy) is 2. The molecule has 110 valence electrons. The molecule has 0 saturated heterocycles. The van der Waals surface area contributed by atoms with Crippen molar-refractivity contribution in [2.75, 3.05) is 13.2 Å². The number of rotatable bonds is 3. The molecule has 2 heterocycles. The van der Waals surface area contributed by atoms with Crippen LogP contribution in [-0.4, -0.2) is 24.1 Å². The fraction of sp³-hybridized carbons (Fsp3) is 0.333. The van der Waals surface area contributed by atoms with Gasteiger partial charge in [-0.25, -0.2) is 0 Å². The predicted octanol–water partition coefficient (Wildman–Crippen LogP) is 2.80.